The van der Waals surface area contributed by atoms with Crippen LogP contribution < -0.4 is 15.4 Å². The second kappa shape index (κ2) is 12.6. The maximum Gasteiger partial charge on any atom is 0.291 e. The van der Waals surface area contributed by atoms with Crippen molar-refractivity contribution in [3.63, 3.8) is 0 Å². The number of ketones is 1. The summed E-state index contributed by atoms with van der Waals surface area (Å²) in [6.07, 6.45) is 4.27. The van der Waals surface area contributed by atoms with Crippen LogP contribution in [0, 0.1) is 23.5 Å². The second-order valence-electron chi connectivity index (χ2n) is 10.7. The van der Waals surface area contributed by atoms with Crippen molar-refractivity contribution < 1.29 is 27.9 Å². The van der Waals surface area contributed by atoms with E-state index in [1.165, 1.54) is 43.1 Å². The van der Waals surface area contributed by atoms with Gasteiger partial charge in [-0.2, -0.15) is 4.39 Å². The van der Waals surface area contributed by atoms with Crippen molar-refractivity contribution in [2.75, 3.05) is 38.6 Å². The van der Waals surface area contributed by atoms with Crippen molar-refractivity contribution in [2.45, 2.75) is 25.7 Å². The van der Waals surface area contributed by atoms with E-state index in [0.29, 0.717) is 30.8 Å². The van der Waals surface area contributed by atoms with Crippen molar-refractivity contribution >= 4 is 34.9 Å². The number of Topliss-reactive ketones (excluding diaryl/α,β-unsaturated/α-hetero) is 1. The Morgan fingerprint density at radius 2 is 1.88 bits per heavy atom. The molecule has 2 saturated heterocycles. The molecule has 2 fully saturated rings. The van der Waals surface area contributed by atoms with Crippen LogP contribution >= 0.6 is 11.6 Å². The number of carbonyl (C=O) groups is 3. The first-order chi connectivity index (χ1) is 20.2. The Balaban J connectivity index is 1.22. The number of rotatable bonds is 8. The number of benzene rings is 2. The zero-order valence-electron chi connectivity index (χ0n) is 23.4. The number of piperidine rings is 1. The number of nitrogens with one attached hydrogen (secondary N) is 2. The Kier molecular flexibility index (Phi) is 8.88. The summed E-state index contributed by atoms with van der Waals surface area (Å²) in [5, 5.41) is 6.13. The Morgan fingerprint density at radius 3 is 2.60 bits per heavy atom. The van der Waals surface area contributed by atoms with Gasteiger partial charge in [0.15, 0.2) is 17.4 Å². The van der Waals surface area contributed by atoms with Gasteiger partial charge in [-0.1, -0.05) is 11.6 Å². The summed E-state index contributed by atoms with van der Waals surface area (Å²) in [7, 11) is 2.75. The summed E-state index contributed by atoms with van der Waals surface area (Å²) >= 11 is 6.46. The van der Waals surface area contributed by atoms with Gasteiger partial charge in [-0.05, 0) is 68.6 Å². The lowest BCUT2D eigenvalue weighted by Gasteiger charge is -2.23. The molecule has 0 bridgehead atoms. The van der Waals surface area contributed by atoms with E-state index in [4.69, 9.17) is 16.3 Å². The Bertz CT molecular complexity index is 1520. The number of ether oxygens (including phenoxy) is 1. The second-order valence-corrected chi connectivity index (χ2v) is 11.1. The van der Waals surface area contributed by atoms with Gasteiger partial charge >= 0.3 is 0 Å². The molecule has 0 radical (unpaired) electrons. The van der Waals surface area contributed by atoms with E-state index in [1.54, 1.807) is 17.0 Å². The number of hydrogen-bond acceptors (Lipinski definition) is 6. The molecule has 5 rings (SSSR count). The van der Waals surface area contributed by atoms with E-state index >= 15 is 0 Å². The zero-order chi connectivity index (χ0) is 30.0. The van der Waals surface area contributed by atoms with Crippen LogP contribution in [0.1, 0.15) is 46.7 Å². The Hall–Kier alpha value is -3.83. The molecule has 222 valence electrons. The number of anilines is 1. The summed E-state index contributed by atoms with van der Waals surface area (Å²) in [5.41, 5.74) is 0.753. The summed E-state index contributed by atoms with van der Waals surface area (Å²) in [5.74, 6) is -2.82. The number of aromatic nitrogens is 2. The molecule has 3 heterocycles. The third kappa shape index (κ3) is 6.03. The van der Waals surface area contributed by atoms with Crippen molar-refractivity contribution in [3.05, 3.63) is 64.6 Å². The lowest BCUT2D eigenvalue weighted by atomic mass is 9.88. The molecular weight excluding hydrogens is 568 g/mol. The number of methoxy groups -OCH3 is 1. The van der Waals surface area contributed by atoms with Crippen molar-refractivity contribution in [1.82, 2.24) is 19.8 Å². The van der Waals surface area contributed by atoms with Crippen LogP contribution in [0.3, 0.4) is 0 Å². The minimum atomic E-state index is -1.14. The van der Waals surface area contributed by atoms with Gasteiger partial charge in [0.1, 0.15) is 5.78 Å². The molecule has 9 nitrogen and oxygen atoms in total. The first-order valence-corrected chi connectivity index (χ1v) is 14.2. The van der Waals surface area contributed by atoms with Crippen LogP contribution in [0.25, 0.3) is 11.3 Å². The lowest BCUT2D eigenvalue weighted by molar-refractivity contribution is -0.124. The average molecular weight is 600 g/mol. The van der Waals surface area contributed by atoms with Crippen LogP contribution in [0.5, 0.6) is 5.75 Å². The number of hydrogen-bond donors (Lipinski definition) is 2. The lowest BCUT2D eigenvalue weighted by Crippen LogP contribution is -2.33. The minimum absolute atomic E-state index is 0.0425. The third-order valence-corrected chi connectivity index (χ3v) is 8.36. The maximum absolute atomic E-state index is 14.6. The predicted molar refractivity (Wildman–Crippen MR) is 154 cm³/mol. The summed E-state index contributed by atoms with van der Waals surface area (Å²) in [4.78, 5) is 44.7. The molecule has 1 atom stereocenters. The molecule has 2 aromatic carbocycles. The molecule has 12 heteroatoms. The maximum atomic E-state index is 14.6. The third-order valence-electron chi connectivity index (χ3n) is 8.05. The first kappa shape index (κ1) is 29.7. The number of amides is 2. The molecule has 0 aliphatic carbocycles. The predicted octanol–water partition coefficient (Wildman–Crippen LogP) is 4.70. The monoisotopic (exact) mass is 599 g/mol. The standard InChI is InChI=1S/C30H32ClF2N5O4/c1-37-23(21-5-6-25(42-2)27(33)26(21)32)15-35-28(37)29(40)36-19-3-4-20(22(31)14-19)30(41)38-12-9-17(16-38)13-24(39)18-7-10-34-11-8-18/h3-6,14-15,17-18,34H,7-13,16H2,1-2H3,(H,36,40). The van der Waals surface area contributed by atoms with E-state index in [0.717, 1.165) is 32.4 Å². The number of imidazole rings is 1. The highest BCUT2D eigenvalue weighted by Crippen LogP contribution is 2.31. The topological polar surface area (TPSA) is 106 Å². The highest BCUT2D eigenvalue weighted by atomic mass is 35.5. The first-order valence-electron chi connectivity index (χ1n) is 13.9. The van der Waals surface area contributed by atoms with Crippen LogP contribution in [0.4, 0.5) is 14.5 Å². The van der Waals surface area contributed by atoms with E-state index in [1.807, 2.05) is 0 Å². The summed E-state index contributed by atoms with van der Waals surface area (Å²) in [6, 6.07) is 7.23. The van der Waals surface area contributed by atoms with Crippen LogP contribution in [0.15, 0.2) is 36.5 Å². The summed E-state index contributed by atoms with van der Waals surface area (Å²) in [6.45, 7) is 2.80. The molecule has 2 aliphatic rings. The molecule has 1 aromatic heterocycles. The fraction of sp³-hybridized carbons (Fsp3) is 0.400. The minimum Gasteiger partial charge on any atom is -0.494 e. The van der Waals surface area contributed by atoms with Crippen LogP contribution in [-0.4, -0.2) is 65.3 Å². The van der Waals surface area contributed by atoms with Crippen LogP contribution in [0.2, 0.25) is 5.02 Å². The van der Waals surface area contributed by atoms with Crippen molar-refractivity contribution in [3.8, 4) is 17.0 Å². The van der Waals surface area contributed by atoms with Gasteiger partial charge in [-0.25, -0.2) is 9.37 Å². The fourth-order valence-corrected chi connectivity index (χ4v) is 5.92. The van der Waals surface area contributed by atoms with E-state index < -0.39 is 17.5 Å². The van der Waals surface area contributed by atoms with Gasteiger partial charge < -0.3 is 24.8 Å². The van der Waals surface area contributed by atoms with E-state index in [2.05, 4.69) is 15.6 Å². The van der Waals surface area contributed by atoms with Crippen LogP contribution in [-0.2, 0) is 11.8 Å². The number of halogens is 3. The highest BCUT2D eigenvalue weighted by molar-refractivity contribution is 6.34. The quantitative estimate of drug-likeness (QED) is 0.389. The SMILES string of the molecule is COc1ccc(-c2cnc(C(=O)Nc3ccc(C(=O)N4CCC(CC(=O)C5CCNCC5)C4)c(Cl)c3)n2C)c(F)c1F. The van der Waals surface area contributed by atoms with Gasteiger partial charge in [-0.15, -0.1) is 0 Å². The number of likely N-dealkylation sites (tertiary alicyclic amines) is 1. The molecule has 3 aromatic rings. The molecule has 2 N–H and O–H groups in total. The van der Waals surface area contributed by atoms with E-state index in [9.17, 15) is 23.2 Å². The highest BCUT2D eigenvalue weighted by Gasteiger charge is 2.31. The number of carbonyl (C=O) groups excluding carboxylic acids is 3. The smallest absolute Gasteiger partial charge is 0.291 e. The average Bonchev–Trinajstić information content (AvgIpc) is 3.61. The molecule has 0 spiro atoms. The van der Waals surface area contributed by atoms with Crippen molar-refractivity contribution in [1.29, 1.82) is 0 Å². The number of nitrogens with zero attached hydrogens (tertiary/aromatic N) is 3. The molecule has 42 heavy (non-hydrogen) atoms. The van der Waals surface area contributed by atoms with Crippen molar-refractivity contribution in [2.24, 2.45) is 18.9 Å². The molecule has 2 amide bonds. The van der Waals surface area contributed by atoms with Gasteiger partial charge in [0.05, 0.1) is 29.6 Å². The van der Waals surface area contributed by atoms with Gasteiger partial charge in [-0.3, -0.25) is 14.4 Å². The zero-order valence-corrected chi connectivity index (χ0v) is 24.1. The Morgan fingerprint density at radius 1 is 1.12 bits per heavy atom. The normalized spacial score (nSPS) is 17.4. The molecule has 2 aliphatic heterocycles. The summed E-state index contributed by atoms with van der Waals surface area (Å²) < 4.78 is 35.0. The fourth-order valence-electron chi connectivity index (χ4n) is 5.66. The van der Waals surface area contributed by atoms with Gasteiger partial charge in [0.25, 0.3) is 11.8 Å². The largest absolute Gasteiger partial charge is 0.494 e. The molecular formula is C30H32ClF2N5O4. The molecule has 0 saturated carbocycles. The van der Waals surface area contributed by atoms with E-state index in [-0.39, 0.29) is 51.4 Å². The van der Waals surface area contributed by atoms with Gasteiger partial charge in [0, 0.05) is 43.7 Å². The molecule has 1 unspecified atom stereocenters. The van der Waals surface area contributed by atoms with Gasteiger partial charge in [0.2, 0.25) is 5.82 Å². The Labute approximate surface area is 247 Å².